The normalized spacial score (nSPS) is 12.1. The van der Waals surface area contributed by atoms with Gasteiger partial charge in [0, 0.05) is 18.7 Å². The number of hydrogen-bond acceptors (Lipinski definition) is 3. The zero-order chi connectivity index (χ0) is 15.2. The smallest absolute Gasteiger partial charge is 0.236 e. The Morgan fingerprint density at radius 3 is 2.76 bits per heavy atom. The molecule has 1 amide bonds. The highest BCUT2D eigenvalue weighted by Crippen LogP contribution is 2.15. The number of carbonyl (C=O) groups excluding carboxylic acids is 1. The van der Waals surface area contributed by atoms with Crippen LogP contribution in [0.15, 0.2) is 47.1 Å². The van der Waals surface area contributed by atoms with Gasteiger partial charge in [0.15, 0.2) is 0 Å². The van der Waals surface area contributed by atoms with Crippen LogP contribution in [0.4, 0.5) is 4.39 Å². The molecule has 2 aromatic rings. The summed E-state index contributed by atoms with van der Waals surface area (Å²) in [4.78, 5) is 13.6. The van der Waals surface area contributed by atoms with Gasteiger partial charge in [-0.2, -0.15) is 0 Å². The Labute approximate surface area is 123 Å². The molecule has 0 fully saturated rings. The molecule has 112 valence electrons. The van der Waals surface area contributed by atoms with E-state index in [2.05, 4.69) is 5.32 Å². The summed E-state index contributed by atoms with van der Waals surface area (Å²) >= 11 is 0. The van der Waals surface area contributed by atoms with E-state index in [9.17, 15) is 9.18 Å². The van der Waals surface area contributed by atoms with Gasteiger partial charge in [-0.25, -0.2) is 4.39 Å². The van der Waals surface area contributed by atoms with Gasteiger partial charge < -0.3 is 14.6 Å². The van der Waals surface area contributed by atoms with Gasteiger partial charge in [-0.05, 0) is 25.1 Å². The Morgan fingerprint density at radius 1 is 1.33 bits per heavy atom. The fourth-order valence-electron chi connectivity index (χ4n) is 2.04. The molecule has 2 rings (SSSR count). The van der Waals surface area contributed by atoms with Crippen LogP contribution >= 0.6 is 0 Å². The Kier molecular flexibility index (Phi) is 5.11. The zero-order valence-electron chi connectivity index (χ0n) is 12.2. The third-order valence-electron chi connectivity index (χ3n) is 3.33. The quantitative estimate of drug-likeness (QED) is 0.889. The third-order valence-corrected chi connectivity index (χ3v) is 3.33. The largest absolute Gasteiger partial charge is 0.467 e. The minimum atomic E-state index is -0.270. The highest BCUT2D eigenvalue weighted by molar-refractivity contribution is 5.77. The lowest BCUT2D eigenvalue weighted by Gasteiger charge is -2.19. The molecule has 1 atom stereocenters. The number of nitrogens with one attached hydrogen (secondary N) is 1. The molecule has 0 saturated heterocycles. The predicted molar refractivity (Wildman–Crippen MR) is 78.0 cm³/mol. The summed E-state index contributed by atoms with van der Waals surface area (Å²) in [6.07, 6.45) is 1.58. The molecule has 0 aliphatic rings. The summed E-state index contributed by atoms with van der Waals surface area (Å²) in [6.45, 7) is 2.40. The van der Waals surface area contributed by atoms with Crippen molar-refractivity contribution in [2.75, 3.05) is 13.6 Å². The average Bonchev–Trinajstić information content (AvgIpc) is 2.97. The van der Waals surface area contributed by atoms with E-state index in [1.54, 1.807) is 42.5 Å². The second-order valence-corrected chi connectivity index (χ2v) is 4.95. The van der Waals surface area contributed by atoms with Gasteiger partial charge >= 0.3 is 0 Å². The predicted octanol–water partition coefficient (Wildman–Crippen LogP) is 2.73. The first-order valence-corrected chi connectivity index (χ1v) is 6.82. The number of carbonyl (C=O) groups is 1. The van der Waals surface area contributed by atoms with E-state index in [1.165, 1.54) is 6.07 Å². The monoisotopic (exact) mass is 290 g/mol. The van der Waals surface area contributed by atoms with Gasteiger partial charge in [-0.15, -0.1) is 0 Å². The van der Waals surface area contributed by atoms with Crippen LogP contribution in [0.3, 0.4) is 0 Å². The number of halogens is 1. The molecule has 0 saturated carbocycles. The number of furan rings is 1. The van der Waals surface area contributed by atoms with Crippen molar-refractivity contribution in [3.63, 3.8) is 0 Å². The van der Waals surface area contributed by atoms with E-state index in [-0.39, 0.29) is 24.3 Å². The second-order valence-electron chi connectivity index (χ2n) is 4.95. The fourth-order valence-corrected chi connectivity index (χ4v) is 2.04. The van der Waals surface area contributed by atoms with Crippen LogP contribution in [0.5, 0.6) is 0 Å². The summed E-state index contributed by atoms with van der Waals surface area (Å²) in [5.41, 5.74) is 0.555. The van der Waals surface area contributed by atoms with Crippen LogP contribution in [0.25, 0.3) is 0 Å². The van der Waals surface area contributed by atoms with Crippen molar-refractivity contribution in [2.45, 2.75) is 19.5 Å². The molecule has 1 N–H and O–H groups in total. The summed E-state index contributed by atoms with van der Waals surface area (Å²) < 4.78 is 18.8. The maximum Gasteiger partial charge on any atom is 0.236 e. The first kappa shape index (κ1) is 15.3. The zero-order valence-corrected chi connectivity index (χ0v) is 12.2. The molecule has 0 aliphatic carbocycles. The number of nitrogens with zero attached hydrogens (tertiary/aromatic N) is 1. The molecule has 0 radical (unpaired) electrons. The van der Waals surface area contributed by atoms with Crippen LogP contribution in [0.1, 0.15) is 24.3 Å². The van der Waals surface area contributed by atoms with Crippen molar-refractivity contribution in [1.82, 2.24) is 10.2 Å². The average molecular weight is 290 g/mol. The van der Waals surface area contributed by atoms with Gasteiger partial charge in [0.05, 0.1) is 19.4 Å². The SMILES string of the molecule is C[C@@H](NCC(=O)N(C)Cc1ccco1)c1ccccc1F. The van der Waals surface area contributed by atoms with E-state index in [4.69, 9.17) is 4.42 Å². The highest BCUT2D eigenvalue weighted by Gasteiger charge is 2.14. The molecule has 0 aliphatic heterocycles. The number of likely N-dealkylation sites (N-methyl/N-ethyl adjacent to an activating group) is 1. The number of hydrogen-bond donors (Lipinski definition) is 1. The lowest BCUT2D eigenvalue weighted by molar-refractivity contribution is -0.129. The Bertz CT molecular complexity index is 584. The van der Waals surface area contributed by atoms with Gasteiger partial charge in [0.2, 0.25) is 5.91 Å². The molecule has 5 heteroatoms. The lowest BCUT2D eigenvalue weighted by atomic mass is 10.1. The molecule has 0 bridgehead atoms. The van der Waals surface area contributed by atoms with Crippen molar-refractivity contribution in [3.05, 3.63) is 59.8 Å². The van der Waals surface area contributed by atoms with Crippen molar-refractivity contribution in [3.8, 4) is 0 Å². The second kappa shape index (κ2) is 7.04. The highest BCUT2D eigenvalue weighted by atomic mass is 19.1. The minimum Gasteiger partial charge on any atom is -0.467 e. The van der Waals surface area contributed by atoms with Gasteiger partial charge in [0.25, 0.3) is 0 Å². The Balaban J connectivity index is 1.84. The van der Waals surface area contributed by atoms with Crippen LogP contribution < -0.4 is 5.32 Å². The lowest BCUT2D eigenvalue weighted by Crippen LogP contribution is -2.36. The van der Waals surface area contributed by atoms with Crippen LogP contribution in [0, 0.1) is 5.82 Å². The number of amides is 1. The maximum absolute atomic E-state index is 13.6. The molecule has 0 spiro atoms. The van der Waals surface area contributed by atoms with Crippen molar-refractivity contribution in [1.29, 1.82) is 0 Å². The summed E-state index contributed by atoms with van der Waals surface area (Å²) in [6, 6.07) is 9.93. The topological polar surface area (TPSA) is 45.5 Å². The third kappa shape index (κ3) is 4.16. The van der Waals surface area contributed by atoms with E-state index < -0.39 is 0 Å². The maximum atomic E-state index is 13.6. The first-order chi connectivity index (χ1) is 10.1. The molecule has 1 aromatic heterocycles. The Hall–Kier alpha value is -2.14. The van der Waals surface area contributed by atoms with Gasteiger partial charge in [-0.3, -0.25) is 4.79 Å². The number of benzene rings is 1. The van der Waals surface area contributed by atoms with Gasteiger partial charge in [-0.1, -0.05) is 18.2 Å². The van der Waals surface area contributed by atoms with Crippen molar-refractivity contribution >= 4 is 5.91 Å². The summed E-state index contributed by atoms with van der Waals surface area (Å²) in [7, 11) is 1.71. The fraction of sp³-hybridized carbons (Fsp3) is 0.312. The van der Waals surface area contributed by atoms with E-state index in [0.717, 1.165) is 5.76 Å². The molecule has 1 heterocycles. The van der Waals surface area contributed by atoms with Crippen LogP contribution in [0.2, 0.25) is 0 Å². The van der Waals surface area contributed by atoms with E-state index >= 15 is 0 Å². The molecular weight excluding hydrogens is 271 g/mol. The van der Waals surface area contributed by atoms with Crippen LogP contribution in [-0.2, 0) is 11.3 Å². The van der Waals surface area contributed by atoms with E-state index in [0.29, 0.717) is 12.1 Å². The van der Waals surface area contributed by atoms with Crippen molar-refractivity contribution < 1.29 is 13.6 Å². The summed E-state index contributed by atoms with van der Waals surface area (Å²) in [5.74, 6) is 0.386. The minimum absolute atomic E-state index is 0.0745. The molecule has 1 aromatic carbocycles. The molecule has 21 heavy (non-hydrogen) atoms. The first-order valence-electron chi connectivity index (χ1n) is 6.82. The standard InChI is InChI=1S/C16H19FN2O2/c1-12(14-7-3-4-8-15(14)17)18-10-16(20)19(2)11-13-6-5-9-21-13/h3-9,12,18H,10-11H2,1-2H3/t12-/m1/s1. The molecule has 4 nitrogen and oxygen atoms in total. The molecule has 0 unspecified atom stereocenters. The summed E-state index contributed by atoms with van der Waals surface area (Å²) in [5, 5.41) is 3.04. The van der Waals surface area contributed by atoms with Gasteiger partial charge in [0.1, 0.15) is 11.6 Å². The Morgan fingerprint density at radius 2 is 2.10 bits per heavy atom. The van der Waals surface area contributed by atoms with Crippen molar-refractivity contribution in [2.24, 2.45) is 0 Å². The number of rotatable bonds is 6. The van der Waals surface area contributed by atoms with E-state index in [1.807, 2.05) is 13.0 Å². The van der Waals surface area contributed by atoms with Crippen LogP contribution in [-0.4, -0.2) is 24.4 Å². The molecular formula is C16H19FN2O2.